The highest BCUT2D eigenvalue weighted by Gasteiger charge is 2.09. The fourth-order valence-electron chi connectivity index (χ4n) is 1.62. The molecule has 14 heavy (non-hydrogen) atoms. The summed E-state index contributed by atoms with van der Waals surface area (Å²) < 4.78 is 21.7. The summed E-state index contributed by atoms with van der Waals surface area (Å²) in [5.74, 6) is 0.286. The van der Waals surface area contributed by atoms with Crippen molar-refractivity contribution < 1.29 is 8.42 Å². The number of rotatable bonds is 5. The van der Waals surface area contributed by atoms with Crippen LogP contribution in [-0.4, -0.2) is 45.1 Å². The van der Waals surface area contributed by atoms with Crippen molar-refractivity contribution in [2.75, 3.05) is 31.6 Å². The zero-order valence-corrected chi connectivity index (χ0v) is 9.65. The van der Waals surface area contributed by atoms with Crippen molar-refractivity contribution in [2.45, 2.75) is 25.7 Å². The van der Waals surface area contributed by atoms with Gasteiger partial charge in [-0.05, 0) is 19.3 Å². The SMILES string of the molecule is CS(=O)(=O)CCCNN1CCCCC1. The summed E-state index contributed by atoms with van der Waals surface area (Å²) in [5.41, 5.74) is 3.26. The predicted octanol–water partition coefficient (Wildman–Crippen LogP) is 0.412. The molecule has 1 aliphatic heterocycles. The van der Waals surface area contributed by atoms with Crippen molar-refractivity contribution in [3.05, 3.63) is 0 Å². The van der Waals surface area contributed by atoms with Crippen molar-refractivity contribution in [3.8, 4) is 0 Å². The molecule has 0 spiro atoms. The molecule has 1 rings (SSSR count). The van der Waals surface area contributed by atoms with Gasteiger partial charge < -0.3 is 0 Å². The summed E-state index contributed by atoms with van der Waals surface area (Å²) in [5, 5.41) is 2.20. The minimum Gasteiger partial charge on any atom is -0.255 e. The number of sulfone groups is 1. The molecule has 1 N–H and O–H groups in total. The molecule has 1 fully saturated rings. The Balaban J connectivity index is 2.03. The summed E-state index contributed by atoms with van der Waals surface area (Å²) in [4.78, 5) is 0. The molecule has 0 saturated carbocycles. The molecular formula is C9H20N2O2S. The van der Waals surface area contributed by atoms with Crippen molar-refractivity contribution >= 4 is 9.84 Å². The van der Waals surface area contributed by atoms with Crippen LogP contribution in [0, 0.1) is 0 Å². The van der Waals surface area contributed by atoms with E-state index in [9.17, 15) is 8.42 Å². The molecule has 0 amide bonds. The van der Waals surface area contributed by atoms with Gasteiger partial charge in [-0.15, -0.1) is 0 Å². The Kier molecular flexibility index (Phi) is 4.84. The monoisotopic (exact) mass is 220 g/mol. The van der Waals surface area contributed by atoms with Gasteiger partial charge in [0.25, 0.3) is 0 Å². The molecule has 1 aliphatic rings. The van der Waals surface area contributed by atoms with Gasteiger partial charge in [-0.25, -0.2) is 13.4 Å². The lowest BCUT2D eigenvalue weighted by molar-refractivity contribution is 0.155. The van der Waals surface area contributed by atoms with E-state index >= 15 is 0 Å². The van der Waals surface area contributed by atoms with Crippen LogP contribution in [0.2, 0.25) is 0 Å². The topological polar surface area (TPSA) is 49.4 Å². The number of hydrazine groups is 1. The van der Waals surface area contributed by atoms with E-state index in [1.807, 2.05) is 0 Å². The average Bonchev–Trinajstić information content (AvgIpc) is 2.13. The lowest BCUT2D eigenvalue weighted by Gasteiger charge is -2.26. The predicted molar refractivity (Wildman–Crippen MR) is 57.8 cm³/mol. The summed E-state index contributed by atoms with van der Waals surface area (Å²) in [6.07, 6.45) is 5.81. The molecule has 0 bridgehead atoms. The van der Waals surface area contributed by atoms with Gasteiger partial charge in [-0.2, -0.15) is 0 Å². The van der Waals surface area contributed by atoms with E-state index in [0.717, 1.165) is 19.6 Å². The van der Waals surface area contributed by atoms with Crippen molar-refractivity contribution in [2.24, 2.45) is 0 Å². The zero-order valence-electron chi connectivity index (χ0n) is 8.83. The molecule has 4 nitrogen and oxygen atoms in total. The molecule has 0 aliphatic carbocycles. The number of nitrogens with one attached hydrogen (secondary N) is 1. The molecule has 0 aromatic rings. The third-order valence-corrected chi connectivity index (χ3v) is 3.41. The first-order chi connectivity index (χ1) is 6.58. The van der Waals surface area contributed by atoms with E-state index in [1.54, 1.807) is 0 Å². The summed E-state index contributed by atoms with van der Waals surface area (Å²) in [6, 6.07) is 0. The normalized spacial score (nSPS) is 19.8. The van der Waals surface area contributed by atoms with Crippen LogP contribution in [0.15, 0.2) is 0 Å². The van der Waals surface area contributed by atoms with Crippen LogP contribution in [0.5, 0.6) is 0 Å². The van der Waals surface area contributed by atoms with Gasteiger partial charge in [0.1, 0.15) is 9.84 Å². The fourth-order valence-corrected chi connectivity index (χ4v) is 2.29. The van der Waals surface area contributed by atoms with Crippen molar-refractivity contribution in [1.29, 1.82) is 0 Å². The van der Waals surface area contributed by atoms with E-state index in [4.69, 9.17) is 0 Å². The number of nitrogens with zero attached hydrogens (tertiary/aromatic N) is 1. The third kappa shape index (κ3) is 5.57. The van der Waals surface area contributed by atoms with Crippen LogP contribution >= 0.6 is 0 Å². The lowest BCUT2D eigenvalue weighted by atomic mass is 10.2. The minimum atomic E-state index is -2.79. The van der Waals surface area contributed by atoms with E-state index in [0.29, 0.717) is 6.42 Å². The van der Waals surface area contributed by atoms with Crippen LogP contribution in [0.25, 0.3) is 0 Å². The maximum Gasteiger partial charge on any atom is 0.147 e. The Morgan fingerprint density at radius 3 is 2.43 bits per heavy atom. The quantitative estimate of drug-likeness (QED) is 0.682. The lowest BCUT2D eigenvalue weighted by Crippen LogP contribution is -2.42. The number of hydrogen-bond donors (Lipinski definition) is 1. The highest BCUT2D eigenvalue weighted by Crippen LogP contribution is 2.05. The first-order valence-corrected chi connectivity index (χ1v) is 7.30. The van der Waals surface area contributed by atoms with Gasteiger partial charge in [-0.1, -0.05) is 6.42 Å². The van der Waals surface area contributed by atoms with Crippen molar-refractivity contribution in [1.82, 2.24) is 10.4 Å². The Morgan fingerprint density at radius 2 is 1.86 bits per heavy atom. The Morgan fingerprint density at radius 1 is 1.21 bits per heavy atom. The number of hydrogen-bond acceptors (Lipinski definition) is 4. The highest BCUT2D eigenvalue weighted by atomic mass is 32.2. The minimum absolute atomic E-state index is 0.286. The van der Waals surface area contributed by atoms with E-state index in [-0.39, 0.29) is 5.75 Å². The molecule has 5 heteroatoms. The van der Waals surface area contributed by atoms with Gasteiger partial charge in [0, 0.05) is 25.9 Å². The molecule has 0 atom stereocenters. The molecule has 1 saturated heterocycles. The molecule has 0 radical (unpaired) electrons. The largest absolute Gasteiger partial charge is 0.255 e. The van der Waals surface area contributed by atoms with Gasteiger partial charge in [0.2, 0.25) is 0 Å². The first-order valence-electron chi connectivity index (χ1n) is 5.24. The average molecular weight is 220 g/mol. The van der Waals surface area contributed by atoms with Crippen LogP contribution in [0.1, 0.15) is 25.7 Å². The maximum atomic E-state index is 10.8. The van der Waals surface area contributed by atoms with Crippen molar-refractivity contribution in [3.63, 3.8) is 0 Å². The second-order valence-corrected chi connectivity index (χ2v) is 6.20. The maximum absolute atomic E-state index is 10.8. The highest BCUT2D eigenvalue weighted by molar-refractivity contribution is 7.90. The van der Waals surface area contributed by atoms with Gasteiger partial charge >= 0.3 is 0 Å². The van der Waals surface area contributed by atoms with E-state index < -0.39 is 9.84 Å². The molecule has 0 aromatic heterocycles. The van der Waals surface area contributed by atoms with Crippen LogP contribution in [0.4, 0.5) is 0 Å². The standard InChI is InChI=1S/C9H20N2O2S/c1-14(12,13)9-5-6-10-11-7-3-2-4-8-11/h10H,2-9H2,1H3. The molecule has 0 aromatic carbocycles. The summed E-state index contributed by atoms with van der Waals surface area (Å²) in [6.45, 7) is 2.96. The van der Waals surface area contributed by atoms with Crippen LogP contribution in [-0.2, 0) is 9.84 Å². The zero-order chi connectivity index (χ0) is 10.4. The molecule has 84 valence electrons. The molecular weight excluding hydrogens is 200 g/mol. The second-order valence-electron chi connectivity index (χ2n) is 3.94. The molecule has 1 heterocycles. The number of piperidine rings is 1. The Hall–Kier alpha value is -0.130. The summed E-state index contributed by atoms with van der Waals surface area (Å²) >= 11 is 0. The first kappa shape index (κ1) is 11.9. The third-order valence-electron chi connectivity index (χ3n) is 2.38. The van der Waals surface area contributed by atoms with Crippen LogP contribution in [0.3, 0.4) is 0 Å². The second kappa shape index (κ2) is 5.68. The van der Waals surface area contributed by atoms with E-state index in [1.165, 1.54) is 25.5 Å². The molecule has 0 unspecified atom stereocenters. The smallest absolute Gasteiger partial charge is 0.147 e. The van der Waals surface area contributed by atoms with Gasteiger partial charge in [0.05, 0.1) is 5.75 Å². The summed E-state index contributed by atoms with van der Waals surface area (Å²) in [7, 11) is -2.79. The Labute approximate surface area is 86.6 Å². The van der Waals surface area contributed by atoms with Gasteiger partial charge in [-0.3, -0.25) is 5.43 Å². The van der Waals surface area contributed by atoms with Crippen LogP contribution < -0.4 is 5.43 Å². The Bertz CT molecular complexity index is 246. The fraction of sp³-hybridized carbons (Fsp3) is 1.00. The van der Waals surface area contributed by atoms with Gasteiger partial charge in [0.15, 0.2) is 0 Å². The van der Waals surface area contributed by atoms with E-state index in [2.05, 4.69) is 10.4 Å².